The van der Waals surface area contributed by atoms with Crippen molar-refractivity contribution in [3.8, 4) is 0 Å². The summed E-state index contributed by atoms with van der Waals surface area (Å²) in [5.41, 5.74) is 5.32. The average molecular weight is 468 g/mol. The number of aryl methyl sites for hydroxylation is 1. The number of fused-ring (bicyclic) bond motifs is 1. The van der Waals surface area contributed by atoms with Gasteiger partial charge in [0, 0.05) is 58.5 Å². The van der Waals surface area contributed by atoms with Gasteiger partial charge in [0.05, 0.1) is 6.04 Å². The molecular weight excluding hydrogens is 426 g/mol. The van der Waals surface area contributed by atoms with Crippen LogP contribution in [0, 0.1) is 0 Å². The zero-order valence-electron chi connectivity index (χ0n) is 20.9. The van der Waals surface area contributed by atoms with Crippen LogP contribution >= 0.6 is 0 Å². The summed E-state index contributed by atoms with van der Waals surface area (Å²) in [5, 5.41) is 5.74. The Morgan fingerprint density at radius 2 is 1.74 bits per heavy atom. The van der Waals surface area contributed by atoms with Gasteiger partial charge in [0.15, 0.2) is 0 Å². The van der Waals surface area contributed by atoms with E-state index in [-0.39, 0.29) is 6.04 Å². The third-order valence-corrected chi connectivity index (χ3v) is 7.60. The molecule has 3 aliphatic rings. The monoisotopic (exact) mass is 467 g/mol. The molecule has 1 saturated heterocycles. The quantitative estimate of drug-likeness (QED) is 0.476. The molecule has 7 nitrogen and oxygen atoms in total. The van der Waals surface area contributed by atoms with Crippen LogP contribution < -0.4 is 15.5 Å². The zero-order chi connectivity index (χ0) is 23.9. The van der Waals surface area contributed by atoms with Gasteiger partial charge in [0.25, 0.3) is 0 Å². The minimum absolute atomic E-state index is 0.0652. The van der Waals surface area contributed by atoms with Crippen LogP contribution in [0.4, 0.5) is 5.69 Å². The molecule has 1 aromatic carbocycles. The molecule has 1 unspecified atom stereocenters. The van der Waals surface area contributed by atoms with E-state index in [4.69, 9.17) is 0 Å². The predicted octanol–water partition coefficient (Wildman–Crippen LogP) is 2.48. The third kappa shape index (κ3) is 6.39. The number of carbonyl (C=O) groups excluding carboxylic acids is 2. The van der Waals surface area contributed by atoms with Crippen LogP contribution in [-0.2, 0) is 16.0 Å². The highest BCUT2D eigenvalue weighted by Crippen LogP contribution is 2.31. The van der Waals surface area contributed by atoms with E-state index in [1.165, 1.54) is 41.6 Å². The number of allylic oxidation sites excluding steroid dienone is 1. The maximum absolute atomic E-state index is 12.6. The van der Waals surface area contributed by atoms with Crippen LogP contribution in [0.3, 0.4) is 0 Å². The van der Waals surface area contributed by atoms with Crippen molar-refractivity contribution < 1.29 is 9.59 Å². The number of piperazine rings is 1. The molecule has 2 N–H and O–H groups in total. The Bertz CT molecular complexity index is 891. The summed E-state index contributed by atoms with van der Waals surface area (Å²) in [6.45, 7) is 5.98. The fourth-order valence-corrected chi connectivity index (χ4v) is 5.42. The first-order chi connectivity index (χ1) is 16.5. The summed E-state index contributed by atoms with van der Waals surface area (Å²) in [7, 11) is 4.30. The summed E-state index contributed by atoms with van der Waals surface area (Å²) in [4.78, 5) is 32.1. The number of hydrogen-bond acceptors (Lipinski definition) is 5. The second kappa shape index (κ2) is 11.8. The minimum Gasteiger partial charge on any atom is -0.374 e. The van der Waals surface area contributed by atoms with E-state index in [9.17, 15) is 9.59 Å². The Morgan fingerprint density at radius 3 is 2.50 bits per heavy atom. The van der Waals surface area contributed by atoms with Crippen molar-refractivity contribution >= 4 is 17.5 Å². The van der Waals surface area contributed by atoms with Crippen LogP contribution in [0.15, 0.2) is 29.8 Å². The van der Waals surface area contributed by atoms with Gasteiger partial charge in [-0.05, 0) is 69.2 Å². The number of amides is 2. The molecule has 0 aromatic heterocycles. The maximum Gasteiger partial charge on any atom is 0.309 e. The molecule has 34 heavy (non-hydrogen) atoms. The topological polar surface area (TPSA) is 67.9 Å². The molecule has 1 atom stereocenters. The van der Waals surface area contributed by atoms with Crippen LogP contribution in [0.2, 0.25) is 0 Å². The van der Waals surface area contributed by atoms with Gasteiger partial charge < -0.3 is 20.4 Å². The molecule has 1 aliphatic carbocycles. The van der Waals surface area contributed by atoms with E-state index >= 15 is 0 Å². The third-order valence-electron chi connectivity index (χ3n) is 7.60. The van der Waals surface area contributed by atoms with Crippen LogP contribution in [0.5, 0.6) is 0 Å². The second-order valence-corrected chi connectivity index (χ2v) is 10.1. The number of nitrogens with one attached hydrogen (secondary N) is 2. The van der Waals surface area contributed by atoms with Crippen LogP contribution in [0.25, 0.3) is 0 Å². The number of hydrogen-bond donors (Lipinski definition) is 2. The zero-order valence-corrected chi connectivity index (χ0v) is 20.9. The average Bonchev–Trinajstić information content (AvgIpc) is 2.86. The SMILES string of the molecule is CN1CCN(C(CNC(=O)C(=O)NCCC2=CCCCC2)c2ccc3c(c2)CCCN3C)CC1. The highest BCUT2D eigenvalue weighted by atomic mass is 16.2. The summed E-state index contributed by atoms with van der Waals surface area (Å²) in [6.07, 6.45) is 10.1. The van der Waals surface area contributed by atoms with Crippen LogP contribution in [0.1, 0.15) is 55.7 Å². The summed E-state index contributed by atoms with van der Waals surface area (Å²) in [5.74, 6) is -1.06. The van der Waals surface area contributed by atoms with Gasteiger partial charge in [0.2, 0.25) is 0 Å². The van der Waals surface area contributed by atoms with Crippen molar-refractivity contribution in [2.45, 2.75) is 51.0 Å². The maximum atomic E-state index is 12.6. The van der Waals surface area contributed by atoms with Gasteiger partial charge in [-0.3, -0.25) is 14.5 Å². The number of carbonyl (C=O) groups is 2. The van der Waals surface area contributed by atoms with Crippen molar-refractivity contribution in [2.75, 3.05) is 64.8 Å². The molecule has 4 rings (SSSR count). The van der Waals surface area contributed by atoms with Gasteiger partial charge in [-0.15, -0.1) is 0 Å². The number of rotatable bonds is 7. The molecule has 2 aliphatic heterocycles. The summed E-state index contributed by atoms with van der Waals surface area (Å²) < 4.78 is 0. The van der Waals surface area contributed by atoms with Gasteiger partial charge in [-0.2, -0.15) is 0 Å². The van der Waals surface area contributed by atoms with E-state index in [0.717, 1.165) is 58.4 Å². The van der Waals surface area contributed by atoms with Gasteiger partial charge in [-0.25, -0.2) is 0 Å². The lowest BCUT2D eigenvalue weighted by molar-refractivity contribution is -0.139. The normalized spacial score (nSPS) is 20.3. The smallest absolute Gasteiger partial charge is 0.309 e. The van der Waals surface area contributed by atoms with E-state index in [2.05, 4.69) is 63.7 Å². The van der Waals surface area contributed by atoms with Crippen molar-refractivity contribution in [3.05, 3.63) is 41.0 Å². The first-order valence-electron chi connectivity index (χ1n) is 13.0. The molecule has 0 spiro atoms. The summed E-state index contributed by atoms with van der Waals surface area (Å²) in [6, 6.07) is 6.81. The van der Waals surface area contributed by atoms with Crippen LogP contribution in [-0.4, -0.2) is 81.5 Å². The minimum atomic E-state index is -0.533. The molecule has 1 aromatic rings. The van der Waals surface area contributed by atoms with E-state index in [1.807, 2.05) is 0 Å². The lowest BCUT2D eigenvalue weighted by atomic mass is 9.95. The fraction of sp³-hybridized carbons (Fsp3) is 0.630. The second-order valence-electron chi connectivity index (χ2n) is 10.1. The number of likely N-dealkylation sites (N-methyl/N-ethyl adjacent to an activating group) is 1. The molecule has 7 heteroatoms. The van der Waals surface area contributed by atoms with E-state index in [1.54, 1.807) is 0 Å². The largest absolute Gasteiger partial charge is 0.374 e. The first-order valence-corrected chi connectivity index (χ1v) is 13.0. The Kier molecular flexibility index (Phi) is 8.62. The predicted molar refractivity (Wildman–Crippen MR) is 137 cm³/mol. The molecule has 1 fully saturated rings. The van der Waals surface area contributed by atoms with Crippen molar-refractivity contribution in [3.63, 3.8) is 0 Å². The molecule has 0 bridgehead atoms. The lowest BCUT2D eigenvalue weighted by Crippen LogP contribution is -2.49. The van der Waals surface area contributed by atoms with Gasteiger partial charge in [0.1, 0.15) is 0 Å². The lowest BCUT2D eigenvalue weighted by Gasteiger charge is -2.39. The molecular formula is C27H41N5O2. The highest BCUT2D eigenvalue weighted by Gasteiger charge is 2.27. The molecule has 0 radical (unpaired) electrons. The fourth-order valence-electron chi connectivity index (χ4n) is 5.42. The Labute approximate surface area is 204 Å². The highest BCUT2D eigenvalue weighted by molar-refractivity contribution is 6.35. The summed E-state index contributed by atoms with van der Waals surface area (Å²) >= 11 is 0. The Morgan fingerprint density at radius 1 is 0.941 bits per heavy atom. The number of nitrogens with zero attached hydrogens (tertiary/aromatic N) is 3. The van der Waals surface area contributed by atoms with Crippen molar-refractivity contribution in [1.82, 2.24) is 20.4 Å². The van der Waals surface area contributed by atoms with Crippen molar-refractivity contribution in [2.24, 2.45) is 0 Å². The Hall–Kier alpha value is -2.38. The molecule has 2 heterocycles. The molecule has 186 valence electrons. The molecule has 0 saturated carbocycles. The Balaban J connectivity index is 1.37. The standard InChI is InChI=1S/C27H41N5O2/c1-30-15-17-32(18-16-30)25(23-10-11-24-22(19-23)9-6-14-31(24)2)20-29-27(34)26(33)28-13-12-21-7-4-3-5-8-21/h7,10-11,19,25H,3-6,8-9,12-18,20H2,1-2H3,(H,28,33)(H,29,34). The van der Waals surface area contributed by atoms with Gasteiger partial charge in [-0.1, -0.05) is 23.8 Å². The molecule has 2 amide bonds. The number of anilines is 1. The number of benzene rings is 1. The van der Waals surface area contributed by atoms with Crippen molar-refractivity contribution in [1.29, 1.82) is 0 Å². The first kappa shape index (κ1) is 24.7. The van der Waals surface area contributed by atoms with E-state index in [0.29, 0.717) is 13.1 Å². The van der Waals surface area contributed by atoms with E-state index < -0.39 is 11.8 Å². The van der Waals surface area contributed by atoms with Gasteiger partial charge >= 0.3 is 11.8 Å².